The predicted molar refractivity (Wildman–Crippen MR) is 76.8 cm³/mol. The molecule has 0 unspecified atom stereocenters. The van der Waals surface area contributed by atoms with E-state index in [9.17, 15) is 9.90 Å². The Hall–Kier alpha value is -1.22. The average molecular weight is 282 g/mol. The highest BCUT2D eigenvalue weighted by molar-refractivity contribution is 6.18. The van der Waals surface area contributed by atoms with Gasteiger partial charge < -0.3 is 10.4 Å². The van der Waals surface area contributed by atoms with E-state index in [1.54, 1.807) is 19.1 Å². The third kappa shape index (κ3) is 3.21. The molecule has 2 rings (SSSR count). The molecule has 1 amide bonds. The maximum atomic E-state index is 12.1. The number of benzene rings is 1. The van der Waals surface area contributed by atoms with Crippen molar-refractivity contribution in [1.29, 1.82) is 0 Å². The van der Waals surface area contributed by atoms with Gasteiger partial charge in [-0.05, 0) is 37.5 Å². The molecular weight excluding hydrogens is 262 g/mol. The molecule has 104 valence electrons. The Balaban J connectivity index is 1.99. The number of aromatic hydroxyl groups is 1. The van der Waals surface area contributed by atoms with Crippen LogP contribution >= 0.6 is 11.6 Å². The Morgan fingerprint density at radius 1 is 1.42 bits per heavy atom. The van der Waals surface area contributed by atoms with Gasteiger partial charge in [-0.2, -0.15) is 0 Å². The van der Waals surface area contributed by atoms with Crippen molar-refractivity contribution in [2.75, 3.05) is 12.4 Å². The summed E-state index contributed by atoms with van der Waals surface area (Å²) in [6.45, 7) is 2.42. The molecule has 0 saturated heterocycles. The van der Waals surface area contributed by atoms with Gasteiger partial charge in [0.1, 0.15) is 5.75 Å². The van der Waals surface area contributed by atoms with Crippen LogP contribution < -0.4 is 5.32 Å². The van der Waals surface area contributed by atoms with Crippen LogP contribution in [0.5, 0.6) is 5.75 Å². The molecule has 1 saturated carbocycles. The van der Waals surface area contributed by atoms with Gasteiger partial charge in [0, 0.05) is 23.4 Å². The highest BCUT2D eigenvalue weighted by Crippen LogP contribution is 2.38. The molecule has 0 spiro atoms. The van der Waals surface area contributed by atoms with E-state index >= 15 is 0 Å². The SMILES string of the molecule is Cc1ccc(C(=O)NCC2(CCl)CCCC2)cc1O. The molecule has 3 nitrogen and oxygen atoms in total. The Morgan fingerprint density at radius 2 is 2.11 bits per heavy atom. The number of alkyl halides is 1. The number of carbonyl (C=O) groups excluding carboxylic acids is 1. The predicted octanol–water partition coefficient (Wildman–Crippen LogP) is 3.23. The lowest BCUT2D eigenvalue weighted by Crippen LogP contribution is -2.37. The molecule has 1 aliphatic rings. The van der Waals surface area contributed by atoms with Gasteiger partial charge in [0.05, 0.1) is 0 Å². The number of halogens is 1. The van der Waals surface area contributed by atoms with Crippen molar-refractivity contribution < 1.29 is 9.90 Å². The van der Waals surface area contributed by atoms with Crippen molar-refractivity contribution in [2.45, 2.75) is 32.6 Å². The zero-order chi connectivity index (χ0) is 13.9. The molecule has 0 heterocycles. The van der Waals surface area contributed by atoms with E-state index in [0.29, 0.717) is 18.0 Å². The highest BCUT2D eigenvalue weighted by Gasteiger charge is 2.33. The van der Waals surface area contributed by atoms with Gasteiger partial charge in [0.15, 0.2) is 0 Å². The fourth-order valence-corrected chi connectivity index (χ4v) is 2.96. The molecule has 0 aliphatic heterocycles. The zero-order valence-corrected chi connectivity index (χ0v) is 12.0. The summed E-state index contributed by atoms with van der Waals surface area (Å²) in [7, 11) is 0. The summed E-state index contributed by atoms with van der Waals surface area (Å²) in [6, 6.07) is 4.98. The Bertz CT molecular complexity index is 467. The van der Waals surface area contributed by atoms with E-state index in [-0.39, 0.29) is 17.1 Å². The summed E-state index contributed by atoms with van der Waals surface area (Å²) in [5.41, 5.74) is 1.32. The van der Waals surface area contributed by atoms with Crippen LogP contribution in [0.2, 0.25) is 0 Å². The second-order valence-electron chi connectivity index (χ2n) is 5.52. The minimum atomic E-state index is -0.147. The number of phenols is 1. The molecule has 1 fully saturated rings. The number of aryl methyl sites for hydroxylation is 1. The van der Waals surface area contributed by atoms with E-state index in [2.05, 4.69) is 5.32 Å². The van der Waals surface area contributed by atoms with Crippen molar-refractivity contribution in [3.05, 3.63) is 29.3 Å². The first-order valence-electron chi connectivity index (χ1n) is 6.70. The van der Waals surface area contributed by atoms with Gasteiger partial charge in [-0.3, -0.25) is 4.79 Å². The van der Waals surface area contributed by atoms with Crippen LogP contribution in [-0.4, -0.2) is 23.4 Å². The summed E-state index contributed by atoms with van der Waals surface area (Å²) in [4.78, 5) is 12.1. The summed E-state index contributed by atoms with van der Waals surface area (Å²) in [6.07, 6.45) is 4.54. The minimum absolute atomic E-state index is 0.0595. The maximum absolute atomic E-state index is 12.1. The molecule has 0 bridgehead atoms. The van der Waals surface area contributed by atoms with Crippen molar-refractivity contribution in [3.8, 4) is 5.75 Å². The van der Waals surface area contributed by atoms with Crippen LogP contribution in [-0.2, 0) is 0 Å². The van der Waals surface area contributed by atoms with Gasteiger partial charge in [-0.15, -0.1) is 11.6 Å². The normalized spacial score (nSPS) is 17.4. The fourth-order valence-electron chi connectivity index (χ4n) is 2.60. The molecule has 0 aromatic heterocycles. The maximum Gasteiger partial charge on any atom is 0.251 e. The topological polar surface area (TPSA) is 49.3 Å². The van der Waals surface area contributed by atoms with E-state index in [4.69, 9.17) is 11.6 Å². The summed E-state index contributed by atoms with van der Waals surface area (Å²) < 4.78 is 0. The van der Waals surface area contributed by atoms with Crippen LogP contribution in [0.4, 0.5) is 0 Å². The van der Waals surface area contributed by atoms with E-state index in [1.807, 2.05) is 0 Å². The second kappa shape index (κ2) is 5.83. The van der Waals surface area contributed by atoms with E-state index in [1.165, 1.54) is 18.9 Å². The van der Waals surface area contributed by atoms with Crippen molar-refractivity contribution in [3.63, 3.8) is 0 Å². The first kappa shape index (κ1) is 14.2. The summed E-state index contributed by atoms with van der Waals surface area (Å²) in [5, 5.41) is 12.6. The zero-order valence-electron chi connectivity index (χ0n) is 11.2. The number of hydrogen-bond donors (Lipinski definition) is 2. The second-order valence-corrected chi connectivity index (χ2v) is 5.79. The Kier molecular flexibility index (Phi) is 4.35. The molecule has 1 aromatic carbocycles. The van der Waals surface area contributed by atoms with E-state index in [0.717, 1.165) is 18.4 Å². The Labute approximate surface area is 119 Å². The molecule has 19 heavy (non-hydrogen) atoms. The van der Waals surface area contributed by atoms with Crippen LogP contribution in [0.3, 0.4) is 0 Å². The minimum Gasteiger partial charge on any atom is -0.508 e. The van der Waals surface area contributed by atoms with Gasteiger partial charge in [-0.25, -0.2) is 0 Å². The van der Waals surface area contributed by atoms with Crippen LogP contribution in [0.1, 0.15) is 41.6 Å². The van der Waals surface area contributed by atoms with Gasteiger partial charge in [0.2, 0.25) is 0 Å². The van der Waals surface area contributed by atoms with Crippen molar-refractivity contribution in [1.82, 2.24) is 5.32 Å². The molecular formula is C15H20ClNO2. The van der Waals surface area contributed by atoms with Gasteiger partial charge in [0.25, 0.3) is 5.91 Å². The monoisotopic (exact) mass is 281 g/mol. The first-order chi connectivity index (χ1) is 9.06. The molecule has 0 atom stereocenters. The molecule has 0 radical (unpaired) electrons. The summed E-state index contributed by atoms with van der Waals surface area (Å²) in [5.74, 6) is 0.596. The number of hydrogen-bond acceptors (Lipinski definition) is 2. The third-order valence-corrected chi connectivity index (χ3v) is 4.61. The smallest absolute Gasteiger partial charge is 0.251 e. The number of phenolic OH excluding ortho intramolecular Hbond substituents is 1. The largest absolute Gasteiger partial charge is 0.508 e. The average Bonchev–Trinajstić information content (AvgIpc) is 2.89. The molecule has 1 aromatic rings. The number of carbonyl (C=O) groups is 1. The Morgan fingerprint density at radius 3 is 2.68 bits per heavy atom. The highest BCUT2D eigenvalue weighted by atomic mass is 35.5. The van der Waals surface area contributed by atoms with Gasteiger partial charge >= 0.3 is 0 Å². The summed E-state index contributed by atoms with van der Waals surface area (Å²) >= 11 is 6.05. The quantitative estimate of drug-likeness (QED) is 0.833. The van der Waals surface area contributed by atoms with E-state index < -0.39 is 0 Å². The van der Waals surface area contributed by atoms with Crippen molar-refractivity contribution >= 4 is 17.5 Å². The third-order valence-electron chi connectivity index (χ3n) is 4.04. The number of rotatable bonds is 4. The van der Waals surface area contributed by atoms with Crippen LogP contribution in [0, 0.1) is 12.3 Å². The lowest BCUT2D eigenvalue weighted by atomic mass is 9.88. The standard InChI is InChI=1S/C15H20ClNO2/c1-11-4-5-12(8-13(11)18)14(19)17-10-15(9-16)6-2-3-7-15/h4-5,8,18H,2-3,6-7,9-10H2,1H3,(H,17,19). The number of nitrogens with one attached hydrogen (secondary N) is 1. The number of amides is 1. The van der Waals surface area contributed by atoms with Crippen LogP contribution in [0.25, 0.3) is 0 Å². The van der Waals surface area contributed by atoms with Crippen LogP contribution in [0.15, 0.2) is 18.2 Å². The van der Waals surface area contributed by atoms with Gasteiger partial charge in [-0.1, -0.05) is 18.9 Å². The first-order valence-corrected chi connectivity index (χ1v) is 7.24. The van der Waals surface area contributed by atoms with Crippen molar-refractivity contribution in [2.24, 2.45) is 5.41 Å². The molecule has 2 N–H and O–H groups in total. The molecule has 4 heteroatoms. The molecule has 1 aliphatic carbocycles. The fraction of sp³-hybridized carbons (Fsp3) is 0.533. The lowest BCUT2D eigenvalue weighted by molar-refractivity contribution is 0.0934. The lowest BCUT2D eigenvalue weighted by Gasteiger charge is -2.26.